The quantitative estimate of drug-likeness (QED) is 0.482. The molecular weight excluding hydrogens is 366 g/mol. The fourth-order valence-corrected chi connectivity index (χ4v) is 3.30. The van der Waals surface area contributed by atoms with Crippen molar-refractivity contribution < 1.29 is 5.11 Å². The SMILES string of the molecule is CCCN(CCC)c1nc(N(C)CCO)nc2nc(Nc3cccc(C)c3)[nH]c12. The number of imidazole rings is 1. The predicted octanol–water partition coefficient (Wildman–Crippen LogP) is 3.46. The fraction of sp³-hybridized carbons (Fsp3) is 0.476. The van der Waals surface area contributed by atoms with Crippen LogP contribution in [0.5, 0.6) is 0 Å². The Hall–Kier alpha value is -2.87. The zero-order valence-electron chi connectivity index (χ0n) is 17.7. The van der Waals surface area contributed by atoms with Gasteiger partial charge in [0.05, 0.1) is 6.61 Å². The second-order valence-corrected chi connectivity index (χ2v) is 7.26. The van der Waals surface area contributed by atoms with Gasteiger partial charge in [-0.15, -0.1) is 0 Å². The predicted molar refractivity (Wildman–Crippen MR) is 119 cm³/mol. The van der Waals surface area contributed by atoms with Gasteiger partial charge >= 0.3 is 0 Å². The Labute approximate surface area is 172 Å². The van der Waals surface area contributed by atoms with Crippen molar-refractivity contribution in [1.29, 1.82) is 0 Å². The van der Waals surface area contributed by atoms with Gasteiger partial charge in [0.25, 0.3) is 0 Å². The summed E-state index contributed by atoms with van der Waals surface area (Å²) in [6.45, 7) is 8.71. The first-order valence-corrected chi connectivity index (χ1v) is 10.2. The minimum Gasteiger partial charge on any atom is -0.395 e. The molecule has 0 amide bonds. The number of hydrogen-bond acceptors (Lipinski definition) is 7. The van der Waals surface area contributed by atoms with Crippen LogP contribution in [0, 0.1) is 6.92 Å². The number of rotatable bonds is 10. The molecule has 1 aromatic carbocycles. The van der Waals surface area contributed by atoms with Crippen LogP contribution in [0.2, 0.25) is 0 Å². The lowest BCUT2D eigenvalue weighted by Gasteiger charge is -2.24. The Morgan fingerprint density at radius 3 is 2.48 bits per heavy atom. The highest BCUT2D eigenvalue weighted by Gasteiger charge is 2.19. The van der Waals surface area contributed by atoms with E-state index in [-0.39, 0.29) is 6.61 Å². The molecule has 0 saturated heterocycles. The van der Waals surface area contributed by atoms with Crippen molar-refractivity contribution in [2.45, 2.75) is 33.6 Å². The maximum Gasteiger partial charge on any atom is 0.229 e. The molecular formula is C21H31N7O. The van der Waals surface area contributed by atoms with E-state index in [0.29, 0.717) is 24.1 Å². The number of aromatic nitrogens is 4. The molecule has 0 radical (unpaired) electrons. The first-order valence-electron chi connectivity index (χ1n) is 10.2. The van der Waals surface area contributed by atoms with E-state index in [1.165, 1.54) is 5.56 Å². The molecule has 0 aliphatic rings. The third-order valence-corrected chi connectivity index (χ3v) is 4.66. The summed E-state index contributed by atoms with van der Waals surface area (Å²) in [5.41, 5.74) is 3.58. The Balaban J connectivity index is 2.05. The van der Waals surface area contributed by atoms with Gasteiger partial charge in [-0.05, 0) is 37.5 Å². The normalized spacial score (nSPS) is 11.1. The molecule has 0 atom stereocenters. The number of H-pyrrole nitrogens is 1. The summed E-state index contributed by atoms with van der Waals surface area (Å²) in [6, 6.07) is 8.15. The lowest BCUT2D eigenvalue weighted by Crippen LogP contribution is -2.28. The van der Waals surface area contributed by atoms with Gasteiger partial charge in [0.1, 0.15) is 5.52 Å². The van der Waals surface area contributed by atoms with Crippen molar-refractivity contribution in [3.63, 3.8) is 0 Å². The van der Waals surface area contributed by atoms with Gasteiger partial charge in [0.15, 0.2) is 11.5 Å². The highest BCUT2D eigenvalue weighted by Crippen LogP contribution is 2.27. The van der Waals surface area contributed by atoms with Gasteiger partial charge in [0, 0.05) is 32.4 Å². The van der Waals surface area contributed by atoms with Crippen molar-refractivity contribution in [3.8, 4) is 0 Å². The molecule has 156 valence electrons. The number of aryl methyl sites for hydroxylation is 1. The summed E-state index contributed by atoms with van der Waals surface area (Å²) >= 11 is 0. The minimum absolute atomic E-state index is 0.0432. The number of likely N-dealkylation sites (N-methyl/N-ethyl adjacent to an activating group) is 1. The van der Waals surface area contributed by atoms with Crippen molar-refractivity contribution >= 4 is 34.6 Å². The Morgan fingerprint density at radius 2 is 1.83 bits per heavy atom. The van der Waals surface area contributed by atoms with E-state index >= 15 is 0 Å². The molecule has 2 aromatic heterocycles. The van der Waals surface area contributed by atoms with Crippen molar-refractivity contribution in [3.05, 3.63) is 29.8 Å². The molecule has 0 saturated carbocycles. The lowest BCUT2D eigenvalue weighted by atomic mass is 10.2. The van der Waals surface area contributed by atoms with E-state index in [0.717, 1.165) is 43.0 Å². The third kappa shape index (κ3) is 4.95. The fourth-order valence-electron chi connectivity index (χ4n) is 3.30. The summed E-state index contributed by atoms with van der Waals surface area (Å²) in [5.74, 6) is 2.05. The number of benzene rings is 1. The monoisotopic (exact) mass is 397 g/mol. The topological polar surface area (TPSA) is 93.2 Å². The van der Waals surface area contributed by atoms with Crippen LogP contribution in [0.1, 0.15) is 32.3 Å². The highest BCUT2D eigenvalue weighted by atomic mass is 16.3. The van der Waals surface area contributed by atoms with Crippen LogP contribution < -0.4 is 15.1 Å². The van der Waals surface area contributed by atoms with E-state index in [4.69, 9.17) is 4.98 Å². The van der Waals surface area contributed by atoms with Gasteiger partial charge < -0.3 is 25.2 Å². The molecule has 29 heavy (non-hydrogen) atoms. The molecule has 3 rings (SSSR count). The second-order valence-electron chi connectivity index (χ2n) is 7.26. The van der Waals surface area contributed by atoms with Crippen LogP contribution in [0.3, 0.4) is 0 Å². The van der Waals surface area contributed by atoms with Gasteiger partial charge in [-0.3, -0.25) is 0 Å². The van der Waals surface area contributed by atoms with Gasteiger partial charge in [-0.2, -0.15) is 15.0 Å². The number of nitrogens with zero attached hydrogens (tertiary/aromatic N) is 5. The second kappa shape index (κ2) is 9.56. The molecule has 0 unspecified atom stereocenters. The molecule has 3 aromatic rings. The summed E-state index contributed by atoms with van der Waals surface area (Å²) in [7, 11) is 1.88. The number of hydrogen-bond donors (Lipinski definition) is 3. The molecule has 2 heterocycles. The largest absolute Gasteiger partial charge is 0.395 e. The number of nitrogens with one attached hydrogen (secondary N) is 2. The Kier molecular flexibility index (Phi) is 6.87. The smallest absolute Gasteiger partial charge is 0.229 e. The third-order valence-electron chi connectivity index (χ3n) is 4.66. The standard InChI is InChI=1S/C21H31N7O/c1-5-10-28(11-6-2)19-17-18(25-21(26-19)27(4)12-13-29)24-20(23-17)22-16-9-7-8-15(3)14-16/h7-9,14,29H,5-6,10-13H2,1-4H3,(H2,22,23,24,25,26). The van der Waals surface area contributed by atoms with Crippen molar-refractivity contribution in [1.82, 2.24) is 19.9 Å². The van der Waals surface area contributed by atoms with E-state index in [1.54, 1.807) is 0 Å². The zero-order chi connectivity index (χ0) is 20.8. The molecule has 3 N–H and O–H groups in total. The summed E-state index contributed by atoms with van der Waals surface area (Å²) in [5, 5.41) is 12.6. The van der Waals surface area contributed by atoms with E-state index in [9.17, 15) is 5.11 Å². The van der Waals surface area contributed by atoms with Gasteiger partial charge in [-0.1, -0.05) is 26.0 Å². The van der Waals surface area contributed by atoms with Crippen LogP contribution >= 0.6 is 0 Å². The number of aliphatic hydroxyl groups is 1. The van der Waals surface area contributed by atoms with Crippen molar-refractivity contribution in [2.24, 2.45) is 0 Å². The average Bonchev–Trinajstić information content (AvgIpc) is 3.09. The molecule has 0 aliphatic carbocycles. The van der Waals surface area contributed by atoms with Crippen molar-refractivity contribution in [2.75, 3.05) is 48.4 Å². The molecule has 0 bridgehead atoms. The zero-order valence-corrected chi connectivity index (χ0v) is 17.7. The Morgan fingerprint density at radius 1 is 1.07 bits per heavy atom. The van der Waals surface area contributed by atoms with E-state index < -0.39 is 0 Å². The number of fused-ring (bicyclic) bond motifs is 1. The maximum absolute atomic E-state index is 9.31. The summed E-state index contributed by atoms with van der Waals surface area (Å²) in [6.07, 6.45) is 2.05. The van der Waals surface area contributed by atoms with E-state index in [1.807, 2.05) is 24.1 Å². The van der Waals surface area contributed by atoms with Crippen LogP contribution in [-0.2, 0) is 0 Å². The lowest BCUT2D eigenvalue weighted by molar-refractivity contribution is 0.303. The molecule has 8 heteroatoms. The van der Waals surface area contributed by atoms with Crippen LogP contribution in [0.25, 0.3) is 11.2 Å². The average molecular weight is 398 g/mol. The molecule has 0 aliphatic heterocycles. The first-order chi connectivity index (χ1) is 14.0. The summed E-state index contributed by atoms with van der Waals surface area (Å²) < 4.78 is 0. The highest BCUT2D eigenvalue weighted by molar-refractivity contribution is 5.87. The summed E-state index contributed by atoms with van der Waals surface area (Å²) in [4.78, 5) is 21.6. The molecule has 0 spiro atoms. The number of anilines is 4. The molecule has 0 fully saturated rings. The minimum atomic E-state index is 0.0432. The first kappa shape index (κ1) is 20.9. The number of aliphatic hydroxyl groups excluding tert-OH is 1. The van der Waals surface area contributed by atoms with Crippen LogP contribution in [0.4, 0.5) is 23.4 Å². The molecule has 8 nitrogen and oxygen atoms in total. The number of aromatic amines is 1. The van der Waals surface area contributed by atoms with Crippen LogP contribution in [0.15, 0.2) is 24.3 Å². The van der Waals surface area contributed by atoms with Gasteiger partial charge in [0.2, 0.25) is 11.9 Å². The Bertz CT molecular complexity index is 934. The van der Waals surface area contributed by atoms with Crippen LogP contribution in [-0.4, -0.2) is 58.3 Å². The van der Waals surface area contributed by atoms with E-state index in [2.05, 4.69) is 58.1 Å². The maximum atomic E-state index is 9.31. The van der Waals surface area contributed by atoms with Gasteiger partial charge in [-0.25, -0.2) is 0 Å².